The van der Waals surface area contributed by atoms with Crippen LogP contribution in [0.15, 0.2) is 84.0 Å². The van der Waals surface area contributed by atoms with Gasteiger partial charge in [-0.2, -0.15) is 5.10 Å². The lowest BCUT2D eigenvalue weighted by atomic mass is 9.93. The van der Waals surface area contributed by atoms with Crippen molar-refractivity contribution in [2.75, 3.05) is 0 Å². The highest BCUT2D eigenvalue weighted by Crippen LogP contribution is 2.51. The van der Waals surface area contributed by atoms with Gasteiger partial charge in [0, 0.05) is 24.8 Å². The summed E-state index contributed by atoms with van der Waals surface area (Å²) in [5.41, 5.74) is 5.88. The minimum Gasteiger partial charge on any atom is -0.466 e. The van der Waals surface area contributed by atoms with Crippen LogP contribution >= 0.6 is 0 Å². The fraction of sp³-hybridized carbons (Fsp3) is 0.269. The average Bonchev–Trinajstić information content (AvgIpc) is 3.43. The molecular formula is C26H24N2O. The molecule has 0 unspecified atom stereocenters. The lowest BCUT2D eigenvalue weighted by molar-refractivity contribution is -0.114. The monoisotopic (exact) mass is 380 g/mol. The van der Waals surface area contributed by atoms with Crippen molar-refractivity contribution in [2.24, 2.45) is 5.10 Å². The second-order valence-electron chi connectivity index (χ2n) is 8.35. The third-order valence-electron chi connectivity index (χ3n) is 6.62. The molecule has 29 heavy (non-hydrogen) atoms. The van der Waals surface area contributed by atoms with Crippen LogP contribution in [0.5, 0.6) is 5.75 Å². The van der Waals surface area contributed by atoms with Crippen molar-refractivity contribution in [3.8, 4) is 16.9 Å². The van der Waals surface area contributed by atoms with E-state index in [2.05, 4.69) is 83.9 Å². The first-order chi connectivity index (χ1) is 14.3. The van der Waals surface area contributed by atoms with E-state index in [1.54, 1.807) is 0 Å². The van der Waals surface area contributed by atoms with E-state index < -0.39 is 0 Å². The quantitative estimate of drug-likeness (QED) is 0.531. The number of fused-ring (bicyclic) bond motifs is 4. The number of hydrogen-bond donors (Lipinski definition) is 0. The molecule has 0 bridgehead atoms. The number of benzene rings is 3. The molecule has 2 aliphatic heterocycles. The van der Waals surface area contributed by atoms with Gasteiger partial charge < -0.3 is 4.74 Å². The first-order valence-corrected chi connectivity index (χ1v) is 10.6. The second-order valence-corrected chi connectivity index (χ2v) is 8.35. The third-order valence-corrected chi connectivity index (χ3v) is 6.62. The minimum absolute atomic E-state index is 0.259. The molecule has 1 atom stereocenters. The average molecular weight is 380 g/mol. The molecule has 0 aromatic heterocycles. The zero-order valence-electron chi connectivity index (χ0n) is 16.4. The first-order valence-electron chi connectivity index (χ1n) is 10.6. The highest BCUT2D eigenvalue weighted by molar-refractivity contribution is 6.02. The van der Waals surface area contributed by atoms with Crippen molar-refractivity contribution in [3.63, 3.8) is 0 Å². The Kier molecular flexibility index (Phi) is 3.77. The molecular weight excluding hydrogens is 356 g/mol. The largest absolute Gasteiger partial charge is 0.466 e. The second kappa shape index (κ2) is 6.48. The number of nitrogens with zero attached hydrogens (tertiary/aromatic N) is 2. The molecule has 0 amide bonds. The summed E-state index contributed by atoms with van der Waals surface area (Å²) >= 11 is 0. The number of rotatable bonds is 2. The Bertz CT molecular complexity index is 1070. The van der Waals surface area contributed by atoms with Crippen LogP contribution in [0, 0.1) is 0 Å². The maximum Gasteiger partial charge on any atom is 0.198 e. The van der Waals surface area contributed by atoms with Crippen LogP contribution in [0.2, 0.25) is 0 Å². The Labute approximate surface area is 171 Å². The van der Waals surface area contributed by atoms with Crippen molar-refractivity contribution in [2.45, 2.75) is 43.9 Å². The molecule has 3 aliphatic rings. The van der Waals surface area contributed by atoms with Gasteiger partial charge in [0.15, 0.2) is 5.72 Å². The molecule has 3 nitrogen and oxygen atoms in total. The molecule has 6 rings (SSSR count). The van der Waals surface area contributed by atoms with Crippen LogP contribution in [0.4, 0.5) is 0 Å². The normalized spacial score (nSPS) is 21.4. The summed E-state index contributed by atoms with van der Waals surface area (Å²) in [6.07, 6.45) is 5.47. The summed E-state index contributed by atoms with van der Waals surface area (Å²) in [6.45, 7) is 0. The Balaban J connectivity index is 1.36. The van der Waals surface area contributed by atoms with E-state index in [-0.39, 0.29) is 11.8 Å². The lowest BCUT2D eigenvalue weighted by Gasteiger charge is -2.45. The third kappa shape index (κ3) is 2.68. The fourth-order valence-corrected chi connectivity index (χ4v) is 5.15. The number of ether oxygens (including phenoxy) is 1. The molecule has 0 N–H and O–H groups in total. The van der Waals surface area contributed by atoms with E-state index in [9.17, 15) is 0 Å². The molecule has 3 heteroatoms. The van der Waals surface area contributed by atoms with Crippen molar-refractivity contribution >= 4 is 5.71 Å². The molecule has 1 spiro atoms. The molecule has 0 saturated heterocycles. The predicted octanol–water partition coefficient (Wildman–Crippen LogP) is 6.17. The summed E-state index contributed by atoms with van der Waals surface area (Å²) < 4.78 is 6.57. The topological polar surface area (TPSA) is 24.8 Å². The summed E-state index contributed by atoms with van der Waals surface area (Å²) in [6, 6.07) is 28.2. The molecule has 3 aromatic rings. The number of hydrazone groups is 1. The molecule has 144 valence electrons. The van der Waals surface area contributed by atoms with Gasteiger partial charge in [0.2, 0.25) is 0 Å². The smallest absolute Gasteiger partial charge is 0.198 e. The highest BCUT2D eigenvalue weighted by atomic mass is 16.5. The van der Waals surface area contributed by atoms with Gasteiger partial charge in [0.05, 0.1) is 11.8 Å². The summed E-state index contributed by atoms with van der Waals surface area (Å²) in [5, 5.41) is 7.44. The van der Waals surface area contributed by atoms with Crippen LogP contribution in [-0.2, 0) is 0 Å². The molecule has 1 aliphatic carbocycles. The SMILES string of the molecule is c1ccc(-c2ccc(C3=NN4[C@H](C3)c3ccccc3OC43CCCC3)cc2)cc1. The zero-order valence-corrected chi connectivity index (χ0v) is 16.4. The van der Waals surface area contributed by atoms with Crippen molar-refractivity contribution in [1.29, 1.82) is 0 Å². The van der Waals surface area contributed by atoms with Gasteiger partial charge in [-0.25, -0.2) is 5.01 Å². The maximum atomic E-state index is 6.57. The lowest BCUT2D eigenvalue weighted by Crippen LogP contribution is -2.51. The molecule has 1 fully saturated rings. The molecule has 0 radical (unpaired) electrons. The Morgan fingerprint density at radius 3 is 2.21 bits per heavy atom. The number of para-hydroxylation sites is 1. The zero-order chi connectivity index (χ0) is 19.3. The van der Waals surface area contributed by atoms with Crippen LogP contribution in [0.3, 0.4) is 0 Å². The van der Waals surface area contributed by atoms with E-state index in [1.165, 1.54) is 40.8 Å². The van der Waals surface area contributed by atoms with Crippen LogP contribution in [0.1, 0.15) is 49.3 Å². The van der Waals surface area contributed by atoms with Crippen molar-refractivity contribution in [3.05, 3.63) is 90.0 Å². The minimum atomic E-state index is -0.259. The maximum absolute atomic E-state index is 6.57. The standard InChI is InChI=1S/C26H24N2O/c1-2-8-19(9-3-1)20-12-14-21(15-13-20)23-18-24-22-10-4-5-11-25(22)29-26(28(24)27-23)16-6-7-17-26/h1-5,8-15,24H,6-7,16-18H2/t24-/m1/s1. The molecule has 2 heterocycles. The van der Waals surface area contributed by atoms with Gasteiger partial charge in [-0.05, 0) is 35.6 Å². The fourth-order valence-electron chi connectivity index (χ4n) is 5.15. The first kappa shape index (κ1) is 16.8. The Morgan fingerprint density at radius 1 is 0.759 bits per heavy atom. The van der Waals surface area contributed by atoms with Gasteiger partial charge >= 0.3 is 0 Å². The van der Waals surface area contributed by atoms with Crippen LogP contribution < -0.4 is 4.74 Å². The van der Waals surface area contributed by atoms with E-state index in [1.807, 2.05) is 0 Å². The summed E-state index contributed by atoms with van der Waals surface area (Å²) in [4.78, 5) is 0. The van der Waals surface area contributed by atoms with E-state index in [0.29, 0.717) is 0 Å². The van der Waals surface area contributed by atoms with Gasteiger partial charge in [0.25, 0.3) is 0 Å². The summed E-state index contributed by atoms with van der Waals surface area (Å²) in [7, 11) is 0. The van der Waals surface area contributed by atoms with Crippen molar-refractivity contribution < 1.29 is 4.74 Å². The predicted molar refractivity (Wildman–Crippen MR) is 116 cm³/mol. The molecule has 3 aromatic carbocycles. The van der Waals surface area contributed by atoms with Crippen molar-refractivity contribution in [1.82, 2.24) is 5.01 Å². The number of hydrogen-bond acceptors (Lipinski definition) is 3. The van der Waals surface area contributed by atoms with Gasteiger partial charge in [-0.15, -0.1) is 0 Å². The van der Waals surface area contributed by atoms with Gasteiger partial charge in [0.1, 0.15) is 5.75 Å². The van der Waals surface area contributed by atoms with Crippen LogP contribution in [-0.4, -0.2) is 16.4 Å². The Hall–Kier alpha value is -3.07. The van der Waals surface area contributed by atoms with Gasteiger partial charge in [-0.1, -0.05) is 72.8 Å². The van der Waals surface area contributed by atoms with E-state index in [0.717, 1.165) is 25.0 Å². The van der Waals surface area contributed by atoms with E-state index >= 15 is 0 Å². The highest BCUT2D eigenvalue weighted by Gasteiger charge is 2.51. The van der Waals surface area contributed by atoms with E-state index in [4.69, 9.17) is 9.84 Å². The van der Waals surface area contributed by atoms with Gasteiger partial charge in [-0.3, -0.25) is 0 Å². The molecule has 1 saturated carbocycles. The Morgan fingerprint density at radius 2 is 1.41 bits per heavy atom. The van der Waals surface area contributed by atoms with Crippen LogP contribution in [0.25, 0.3) is 11.1 Å². The summed E-state index contributed by atoms with van der Waals surface area (Å²) in [5.74, 6) is 1.05.